The fourth-order valence-corrected chi connectivity index (χ4v) is 2.34. The Morgan fingerprint density at radius 2 is 2.06 bits per heavy atom. The first-order valence-electron chi connectivity index (χ1n) is 6.22. The molecule has 0 fully saturated rings. The van der Waals surface area contributed by atoms with Crippen molar-refractivity contribution < 1.29 is 9.53 Å². The normalized spacial score (nSPS) is 16.1. The van der Waals surface area contributed by atoms with Gasteiger partial charge in [0.2, 0.25) is 5.91 Å². The maximum atomic E-state index is 10.8. The van der Waals surface area contributed by atoms with E-state index in [1.54, 1.807) is 0 Å². The van der Waals surface area contributed by atoms with E-state index in [9.17, 15) is 4.79 Å². The van der Waals surface area contributed by atoms with Gasteiger partial charge in [0.15, 0.2) is 0 Å². The zero-order valence-electron chi connectivity index (χ0n) is 10.2. The van der Waals surface area contributed by atoms with Crippen molar-refractivity contribution in [2.45, 2.75) is 45.1 Å². The molecular weight excluding hydrogens is 214 g/mol. The smallest absolute Gasteiger partial charge is 0.221 e. The van der Waals surface area contributed by atoms with Crippen molar-refractivity contribution in [2.24, 2.45) is 5.73 Å². The van der Waals surface area contributed by atoms with E-state index in [-0.39, 0.29) is 18.4 Å². The van der Waals surface area contributed by atoms with Gasteiger partial charge in [-0.05, 0) is 55.9 Å². The Bertz CT molecular complexity index is 415. The fourth-order valence-electron chi connectivity index (χ4n) is 2.34. The topological polar surface area (TPSA) is 52.3 Å². The van der Waals surface area contributed by atoms with Crippen LogP contribution < -0.4 is 10.5 Å². The molecule has 0 spiro atoms. The molecule has 0 aliphatic heterocycles. The first-order valence-corrected chi connectivity index (χ1v) is 6.22. The van der Waals surface area contributed by atoms with E-state index >= 15 is 0 Å². The van der Waals surface area contributed by atoms with E-state index < -0.39 is 0 Å². The van der Waals surface area contributed by atoms with Crippen molar-refractivity contribution in [1.29, 1.82) is 0 Å². The molecule has 2 rings (SSSR count). The number of aryl methyl sites for hydroxylation is 2. The highest BCUT2D eigenvalue weighted by molar-refractivity contribution is 5.74. The largest absolute Gasteiger partial charge is 0.490 e. The number of fused-ring (bicyclic) bond motifs is 1. The third-order valence-corrected chi connectivity index (χ3v) is 3.15. The number of rotatable bonds is 4. The highest BCUT2D eigenvalue weighted by Gasteiger charge is 2.12. The number of primary amides is 1. The van der Waals surface area contributed by atoms with Crippen molar-refractivity contribution in [2.75, 3.05) is 0 Å². The average molecular weight is 233 g/mol. The second-order valence-corrected chi connectivity index (χ2v) is 4.74. The molecule has 1 amide bonds. The Kier molecular flexibility index (Phi) is 3.67. The number of carbonyl (C=O) groups is 1. The third-order valence-electron chi connectivity index (χ3n) is 3.15. The van der Waals surface area contributed by atoms with Crippen LogP contribution in [-0.4, -0.2) is 12.0 Å². The highest BCUT2D eigenvalue weighted by Crippen LogP contribution is 2.26. The summed E-state index contributed by atoms with van der Waals surface area (Å²) in [5.74, 6) is 0.523. The molecule has 3 nitrogen and oxygen atoms in total. The molecule has 92 valence electrons. The van der Waals surface area contributed by atoms with Crippen molar-refractivity contribution in [1.82, 2.24) is 0 Å². The monoisotopic (exact) mass is 233 g/mol. The van der Waals surface area contributed by atoms with Crippen molar-refractivity contribution in [3.05, 3.63) is 29.3 Å². The summed E-state index contributed by atoms with van der Waals surface area (Å²) in [6.45, 7) is 1.87. The Morgan fingerprint density at radius 1 is 1.35 bits per heavy atom. The summed E-state index contributed by atoms with van der Waals surface area (Å²) in [4.78, 5) is 10.8. The van der Waals surface area contributed by atoms with E-state index in [2.05, 4.69) is 12.1 Å². The van der Waals surface area contributed by atoms with Crippen LogP contribution in [-0.2, 0) is 17.6 Å². The van der Waals surface area contributed by atoms with Gasteiger partial charge in [0, 0.05) is 0 Å². The number of benzene rings is 1. The Labute approximate surface area is 102 Å². The molecule has 1 aliphatic rings. The van der Waals surface area contributed by atoms with Crippen LogP contribution in [0, 0.1) is 0 Å². The molecule has 17 heavy (non-hydrogen) atoms. The number of ether oxygens (including phenoxy) is 1. The quantitative estimate of drug-likeness (QED) is 0.866. The first kappa shape index (κ1) is 12.0. The molecule has 1 aromatic rings. The molecule has 0 saturated carbocycles. The van der Waals surface area contributed by atoms with E-state index in [0.717, 1.165) is 12.2 Å². The van der Waals surface area contributed by atoms with E-state index in [0.29, 0.717) is 0 Å². The molecule has 0 saturated heterocycles. The highest BCUT2D eigenvalue weighted by atomic mass is 16.5. The Morgan fingerprint density at radius 3 is 2.76 bits per heavy atom. The predicted octanol–water partition coefficient (Wildman–Crippen LogP) is 2.21. The van der Waals surface area contributed by atoms with Crippen molar-refractivity contribution >= 4 is 5.91 Å². The number of nitrogens with two attached hydrogens (primary N) is 1. The summed E-state index contributed by atoms with van der Waals surface area (Å²) in [6, 6.07) is 6.23. The minimum Gasteiger partial charge on any atom is -0.490 e. The SMILES string of the molecule is CC(CC(N)=O)Oc1ccc2c(c1)CCCC2. The zero-order chi connectivity index (χ0) is 12.3. The maximum absolute atomic E-state index is 10.8. The lowest BCUT2D eigenvalue weighted by Crippen LogP contribution is -2.22. The molecule has 0 bridgehead atoms. The molecule has 1 unspecified atom stereocenters. The summed E-state index contributed by atoms with van der Waals surface area (Å²) in [5, 5.41) is 0. The molecular formula is C14H19NO2. The van der Waals surface area contributed by atoms with E-state index in [4.69, 9.17) is 10.5 Å². The van der Waals surface area contributed by atoms with Crippen LogP contribution >= 0.6 is 0 Å². The van der Waals surface area contributed by atoms with Crippen LogP contribution in [0.15, 0.2) is 18.2 Å². The van der Waals surface area contributed by atoms with Gasteiger partial charge in [0.05, 0.1) is 6.42 Å². The molecule has 0 radical (unpaired) electrons. The Hall–Kier alpha value is -1.51. The van der Waals surface area contributed by atoms with Gasteiger partial charge in [-0.25, -0.2) is 0 Å². The zero-order valence-corrected chi connectivity index (χ0v) is 10.2. The molecule has 1 aromatic carbocycles. The maximum Gasteiger partial charge on any atom is 0.221 e. The first-order chi connectivity index (χ1) is 8.15. The van der Waals surface area contributed by atoms with E-state index in [1.165, 1.54) is 30.4 Å². The van der Waals surface area contributed by atoms with Gasteiger partial charge in [-0.3, -0.25) is 4.79 Å². The lowest BCUT2D eigenvalue weighted by molar-refractivity contribution is -0.119. The van der Waals surface area contributed by atoms with Crippen LogP contribution in [0.3, 0.4) is 0 Å². The molecule has 1 atom stereocenters. The number of amides is 1. The van der Waals surface area contributed by atoms with Crippen LogP contribution in [0.2, 0.25) is 0 Å². The van der Waals surface area contributed by atoms with Gasteiger partial charge >= 0.3 is 0 Å². The second-order valence-electron chi connectivity index (χ2n) is 4.74. The van der Waals surface area contributed by atoms with Crippen LogP contribution in [0.4, 0.5) is 0 Å². The summed E-state index contributed by atoms with van der Waals surface area (Å²) in [7, 11) is 0. The number of carbonyl (C=O) groups excluding carboxylic acids is 1. The average Bonchev–Trinajstić information content (AvgIpc) is 2.27. The minimum absolute atomic E-state index is 0.158. The van der Waals surface area contributed by atoms with Gasteiger partial charge in [0.25, 0.3) is 0 Å². The Balaban J connectivity index is 2.04. The summed E-state index contributed by atoms with van der Waals surface area (Å²) in [5.41, 5.74) is 7.96. The standard InChI is InChI=1S/C14H19NO2/c1-10(8-14(15)16)17-13-7-6-11-4-2-3-5-12(11)9-13/h6-7,9-10H,2-5,8H2,1H3,(H2,15,16). The molecule has 1 aliphatic carbocycles. The van der Waals surface area contributed by atoms with Gasteiger partial charge in [0.1, 0.15) is 11.9 Å². The van der Waals surface area contributed by atoms with Crippen LogP contribution in [0.1, 0.15) is 37.3 Å². The predicted molar refractivity (Wildman–Crippen MR) is 67.0 cm³/mol. The summed E-state index contributed by atoms with van der Waals surface area (Å²) < 4.78 is 5.69. The van der Waals surface area contributed by atoms with Crippen LogP contribution in [0.25, 0.3) is 0 Å². The van der Waals surface area contributed by atoms with Gasteiger partial charge in [-0.2, -0.15) is 0 Å². The number of hydrogen-bond acceptors (Lipinski definition) is 2. The van der Waals surface area contributed by atoms with Gasteiger partial charge in [-0.15, -0.1) is 0 Å². The molecule has 0 heterocycles. The fraction of sp³-hybridized carbons (Fsp3) is 0.500. The summed E-state index contributed by atoms with van der Waals surface area (Å²) in [6.07, 6.45) is 4.95. The molecule has 0 aromatic heterocycles. The van der Waals surface area contributed by atoms with Gasteiger partial charge < -0.3 is 10.5 Å². The lowest BCUT2D eigenvalue weighted by Gasteiger charge is -2.18. The summed E-state index contributed by atoms with van der Waals surface area (Å²) >= 11 is 0. The second kappa shape index (κ2) is 5.21. The van der Waals surface area contributed by atoms with Crippen molar-refractivity contribution in [3.8, 4) is 5.75 Å². The lowest BCUT2D eigenvalue weighted by atomic mass is 9.92. The van der Waals surface area contributed by atoms with Crippen LogP contribution in [0.5, 0.6) is 5.75 Å². The third kappa shape index (κ3) is 3.22. The van der Waals surface area contributed by atoms with Crippen molar-refractivity contribution in [3.63, 3.8) is 0 Å². The minimum atomic E-state index is -0.324. The van der Waals surface area contributed by atoms with E-state index in [1.807, 2.05) is 13.0 Å². The molecule has 3 heteroatoms. The number of hydrogen-bond donors (Lipinski definition) is 1. The van der Waals surface area contributed by atoms with Gasteiger partial charge in [-0.1, -0.05) is 6.07 Å². The molecule has 2 N–H and O–H groups in total.